The molecule has 0 bridgehead atoms. The first kappa shape index (κ1) is 14.7. The molecule has 0 aliphatic carbocycles. The summed E-state index contributed by atoms with van der Waals surface area (Å²) in [6, 6.07) is 3.90. The average Bonchev–Trinajstić information content (AvgIpc) is 2.67. The third kappa shape index (κ3) is 3.68. The van der Waals surface area contributed by atoms with Crippen LogP contribution in [0.15, 0.2) is 18.2 Å². The van der Waals surface area contributed by atoms with Gasteiger partial charge in [-0.2, -0.15) is 0 Å². The minimum absolute atomic E-state index is 0.0281. The van der Waals surface area contributed by atoms with Crippen LogP contribution in [0.2, 0.25) is 5.02 Å². The van der Waals surface area contributed by atoms with E-state index in [1.54, 1.807) is 0 Å². The largest absolute Gasteiger partial charge is 0.348 e. The molecule has 1 aliphatic heterocycles. The van der Waals surface area contributed by atoms with E-state index in [1.165, 1.54) is 18.2 Å². The Balaban J connectivity index is 2.11. The second kappa shape index (κ2) is 6.67. The molecule has 1 saturated heterocycles. The van der Waals surface area contributed by atoms with Crippen LogP contribution in [-0.2, 0) is 0 Å². The Morgan fingerprint density at radius 1 is 1.45 bits per heavy atom. The van der Waals surface area contributed by atoms with Gasteiger partial charge >= 0.3 is 0 Å². The summed E-state index contributed by atoms with van der Waals surface area (Å²) in [6.07, 6.45) is 3.02. The van der Waals surface area contributed by atoms with Crippen LogP contribution in [-0.4, -0.2) is 30.0 Å². The second-order valence-corrected chi connectivity index (χ2v) is 5.20. The topological polar surface area (TPSA) is 84.3 Å². The molecule has 0 aromatic heterocycles. The number of carbonyl (C=O) groups excluding carboxylic acids is 1. The molecule has 108 valence electrons. The van der Waals surface area contributed by atoms with Crippen molar-refractivity contribution in [2.24, 2.45) is 0 Å². The molecule has 1 unspecified atom stereocenters. The van der Waals surface area contributed by atoms with E-state index < -0.39 is 4.92 Å². The Hall–Kier alpha value is -1.66. The molecule has 6 nitrogen and oxygen atoms in total. The number of nitrogens with zero attached hydrogens (tertiary/aromatic N) is 1. The number of nitro groups is 1. The first-order valence-corrected chi connectivity index (χ1v) is 6.91. The molecule has 20 heavy (non-hydrogen) atoms. The second-order valence-electron chi connectivity index (χ2n) is 4.79. The predicted octanol–water partition coefficient (Wildman–Crippen LogP) is 2.12. The summed E-state index contributed by atoms with van der Waals surface area (Å²) in [5, 5.41) is 17.1. The highest BCUT2D eigenvalue weighted by Crippen LogP contribution is 2.22. The minimum atomic E-state index is -0.541. The van der Waals surface area contributed by atoms with Crippen molar-refractivity contribution in [3.8, 4) is 0 Å². The molecule has 7 heteroatoms. The standard InChI is InChI=1S/C13H16ClN3O3/c14-12-5-4-10(17(19)20)7-11(12)13(18)16-9-3-1-2-6-15-8-9/h4-5,7,9,15H,1-3,6,8H2,(H,16,18). The number of nitrogens with one attached hydrogen (secondary N) is 2. The van der Waals surface area contributed by atoms with Crippen LogP contribution >= 0.6 is 11.6 Å². The van der Waals surface area contributed by atoms with Gasteiger partial charge in [-0.05, 0) is 25.5 Å². The molecular weight excluding hydrogens is 282 g/mol. The van der Waals surface area contributed by atoms with E-state index in [4.69, 9.17) is 11.6 Å². The van der Waals surface area contributed by atoms with Crippen LogP contribution in [0.4, 0.5) is 5.69 Å². The van der Waals surface area contributed by atoms with E-state index in [1.807, 2.05) is 0 Å². The molecule has 1 atom stereocenters. The number of benzene rings is 1. The van der Waals surface area contributed by atoms with Gasteiger partial charge in [-0.25, -0.2) is 0 Å². The Morgan fingerprint density at radius 2 is 2.25 bits per heavy atom. The lowest BCUT2D eigenvalue weighted by Crippen LogP contribution is -2.40. The number of hydrogen-bond donors (Lipinski definition) is 2. The number of amides is 1. The first-order valence-electron chi connectivity index (χ1n) is 6.53. The van der Waals surface area contributed by atoms with Crippen LogP contribution in [0, 0.1) is 10.1 Å². The highest BCUT2D eigenvalue weighted by molar-refractivity contribution is 6.33. The Kier molecular flexibility index (Phi) is 4.92. The van der Waals surface area contributed by atoms with E-state index in [0.29, 0.717) is 6.54 Å². The van der Waals surface area contributed by atoms with Gasteiger partial charge in [0.05, 0.1) is 15.5 Å². The molecule has 1 aliphatic rings. The highest BCUT2D eigenvalue weighted by atomic mass is 35.5. The number of carbonyl (C=O) groups is 1. The van der Waals surface area contributed by atoms with Gasteiger partial charge < -0.3 is 10.6 Å². The lowest BCUT2D eigenvalue weighted by Gasteiger charge is -2.16. The number of halogens is 1. The minimum Gasteiger partial charge on any atom is -0.348 e. The maximum Gasteiger partial charge on any atom is 0.270 e. The van der Waals surface area contributed by atoms with Gasteiger partial charge in [0.2, 0.25) is 0 Å². The van der Waals surface area contributed by atoms with E-state index in [9.17, 15) is 14.9 Å². The van der Waals surface area contributed by atoms with Gasteiger partial charge in [0.1, 0.15) is 0 Å². The highest BCUT2D eigenvalue weighted by Gasteiger charge is 2.19. The van der Waals surface area contributed by atoms with Crippen molar-refractivity contribution < 1.29 is 9.72 Å². The molecule has 0 saturated carbocycles. The Labute approximate surface area is 121 Å². The molecular formula is C13H16ClN3O3. The lowest BCUT2D eigenvalue weighted by molar-refractivity contribution is -0.384. The smallest absolute Gasteiger partial charge is 0.270 e. The van der Waals surface area contributed by atoms with Gasteiger partial charge in [-0.1, -0.05) is 18.0 Å². The zero-order valence-corrected chi connectivity index (χ0v) is 11.7. The van der Waals surface area contributed by atoms with Crippen molar-refractivity contribution in [3.05, 3.63) is 38.9 Å². The van der Waals surface area contributed by atoms with E-state index >= 15 is 0 Å². The van der Waals surface area contributed by atoms with Crippen LogP contribution in [0.25, 0.3) is 0 Å². The zero-order chi connectivity index (χ0) is 14.5. The number of hydrogen-bond acceptors (Lipinski definition) is 4. The molecule has 0 spiro atoms. The number of non-ortho nitro benzene ring substituents is 1. The van der Waals surface area contributed by atoms with E-state index in [2.05, 4.69) is 10.6 Å². The first-order chi connectivity index (χ1) is 9.58. The SMILES string of the molecule is O=C(NC1CCCCNC1)c1cc([N+](=O)[O-])ccc1Cl. The summed E-state index contributed by atoms with van der Waals surface area (Å²) in [5.41, 5.74) is 0.00338. The van der Waals surface area contributed by atoms with Gasteiger partial charge in [0.15, 0.2) is 0 Å². The monoisotopic (exact) mass is 297 g/mol. The summed E-state index contributed by atoms with van der Waals surface area (Å²) < 4.78 is 0. The molecule has 2 N–H and O–H groups in total. The fourth-order valence-electron chi connectivity index (χ4n) is 2.21. The van der Waals surface area contributed by atoms with Crippen molar-refractivity contribution in [3.63, 3.8) is 0 Å². The summed E-state index contributed by atoms with van der Waals surface area (Å²) in [7, 11) is 0. The van der Waals surface area contributed by atoms with Gasteiger partial charge in [0, 0.05) is 24.7 Å². The normalized spacial score (nSPS) is 19.1. The fraction of sp³-hybridized carbons (Fsp3) is 0.462. The van der Waals surface area contributed by atoms with Gasteiger partial charge in [-0.15, -0.1) is 0 Å². The van der Waals surface area contributed by atoms with Crippen LogP contribution in [0.1, 0.15) is 29.6 Å². The molecule has 2 rings (SSSR count). The molecule has 1 amide bonds. The number of nitro benzene ring substituents is 1. The molecule has 1 aromatic rings. The molecule has 1 aromatic carbocycles. The Bertz CT molecular complexity index is 514. The molecule has 1 heterocycles. The maximum atomic E-state index is 12.2. The fourth-order valence-corrected chi connectivity index (χ4v) is 2.41. The van der Waals surface area contributed by atoms with Crippen molar-refractivity contribution >= 4 is 23.2 Å². The lowest BCUT2D eigenvalue weighted by atomic mass is 10.1. The van der Waals surface area contributed by atoms with E-state index in [-0.39, 0.29) is 28.2 Å². The molecule has 0 radical (unpaired) electrons. The van der Waals surface area contributed by atoms with Crippen molar-refractivity contribution in [2.75, 3.05) is 13.1 Å². The third-order valence-corrected chi connectivity index (χ3v) is 3.62. The summed E-state index contributed by atoms with van der Waals surface area (Å²) in [4.78, 5) is 22.4. The van der Waals surface area contributed by atoms with Crippen LogP contribution in [0.5, 0.6) is 0 Å². The zero-order valence-electron chi connectivity index (χ0n) is 10.9. The predicted molar refractivity (Wildman–Crippen MR) is 76.1 cm³/mol. The quantitative estimate of drug-likeness (QED) is 0.661. The summed E-state index contributed by atoms with van der Waals surface area (Å²) in [6.45, 7) is 1.65. The van der Waals surface area contributed by atoms with Crippen LogP contribution < -0.4 is 10.6 Å². The Morgan fingerprint density at radius 3 is 3.00 bits per heavy atom. The summed E-state index contributed by atoms with van der Waals surface area (Å²) >= 11 is 5.95. The van der Waals surface area contributed by atoms with Crippen LogP contribution in [0.3, 0.4) is 0 Å². The third-order valence-electron chi connectivity index (χ3n) is 3.29. The summed E-state index contributed by atoms with van der Waals surface area (Å²) in [5.74, 6) is -0.368. The average molecular weight is 298 g/mol. The van der Waals surface area contributed by atoms with Crippen molar-refractivity contribution in [1.82, 2.24) is 10.6 Å². The number of rotatable bonds is 3. The van der Waals surface area contributed by atoms with Gasteiger partial charge in [-0.3, -0.25) is 14.9 Å². The van der Waals surface area contributed by atoms with Crippen molar-refractivity contribution in [2.45, 2.75) is 25.3 Å². The molecule has 1 fully saturated rings. The maximum absolute atomic E-state index is 12.2. The van der Waals surface area contributed by atoms with Gasteiger partial charge in [0.25, 0.3) is 11.6 Å². The van der Waals surface area contributed by atoms with Crippen molar-refractivity contribution in [1.29, 1.82) is 0 Å². The van der Waals surface area contributed by atoms with E-state index in [0.717, 1.165) is 25.8 Å².